The molecule has 0 radical (unpaired) electrons. The zero-order valence-electron chi connectivity index (χ0n) is 10.2. The third-order valence-electron chi connectivity index (χ3n) is 2.59. The number of ether oxygens (including phenoxy) is 1. The normalized spacial score (nSPS) is 10.7. The summed E-state index contributed by atoms with van der Waals surface area (Å²) in [5.74, 6) is 0.160. The van der Waals surface area contributed by atoms with Crippen molar-refractivity contribution in [3.63, 3.8) is 0 Å². The summed E-state index contributed by atoms with van der Waals surface area (Å²) in [7, 11) is 0. The highest BCUT2D eigenvalue weighted by atomic mass is 79.9. The fraction of sp³-hybridized carbons (Fsp3) is 0.143. The average Bonchev–Trinajstić information content (AvgIpc) is 2.41. The Labute approximate surface area is 128 Å². The van der Waals surface area contributed by atoms with Crippen molar-refractivity contribution in [3.05, 3.63) is 57.5 Å². The van der Waals surface area contributed by atoms with E-state index >= 15 is 0 Å². The van der Waals surface area contributed by atoms with Crippen molar-refractivity contribution in [2.45, 2.75) is 13.2 Å². The molecule has 2 aromatic carbocycles. The molecule has 106 valence electrons. The monoisotopic (exact) mass is 361 g/mol. The first-order chi connectivity index (χ1) is 9.56. The van der Waals surface area contributed by atoms with E-state index < -0.39 is 6.61 Å². The third kappa shape index (κ3) is 4.08. The fourth-order valence-electron chi connectivity index (χ4n) is 1.68. The van der Waals surface area contributed by atoms with Gasteiger partial charge in [-0.05, 0) is 40.2 Å². The summed E-state index contributed by atoms with van der Waals surface area (Å²) < 4.78 is 29.9. The Morgan fingerprint density at radius 2 is 1.95 bits per heavy atom. The van der Waals surface area contributed by atoms with E-state index in [0.29, 0.717) is 17.1 Å². The fourth-order valence-corrected chi connectivity index (χ4v) is 2.24. The topological polar surface area (TPSA) is 21.3 Å². The van der Waals surface area contributed by atoms with Crippen LogP contribution < -0.4 is 10.1 Å². The minimum absolute atomic E-state index is 0.160. The summed E-state index contributed by atoms with van der Waals surface area (Å²) >= 11 is 9.30. The molecule has 0 aliphatic heterocycles. The number of nitrogens with one attached hydrogen (secondary N) is 1. The molecule has 0 unspecified atom stereocenters. The summed E-state index contributed by atoms with van der Waals surface area (Å²) in [5.41, 5.74) is 1.42. The van der Waals surface area contributed by atoms with E-state index in [1.165, 1.54) is 6.07 Å². The molecule has 20 heavy (non-hydrogen) atoms. The van der Waals surface area contributed by atoms with Gasteiger partial charge in [0, 0.05) is 21.6 Å². The minimum atomic E-state index is -2.84. The van der Waals surface area contributed by atoms with Gasteiger partial charge >= 0.3 is 6.61 Å². The molecule has 2 nitrogen and oxygen atoms in total. The number of rotatable bonds is 5. The number of hydrogen-bond acceptors (Lipinski definition) is 2. The quantitative estimate of drug-likeness (QED) is 0.777. The van der Waals surface area contributed by atoms with E-state index in [9.17, 15) is 8.78 Å². The molecule has 0 atom stereocenters. The predicted octanol–water partition coefficient (Wildman–Crippen LogP) is 5.32. The third-order valence-corrected chi connectivity index (χ3v) is 3.51. The molecule has 0 saturated carbocycles. The van der Waals surface area contributed by atoms with Gasteiger partial charge in [-0.1, -0.05) is 29.8 Å². The summed E-state index contributed by atoms with van der Waals surface area (Å²) in [6.07, 6.45) is 0. The van der Waals surface area contributed by atoms with Crippen molar-refractivity contribution in [2.24, 2.45) is 0 Å². The zero-order chi connectivity index (χ0) is 14.5. The van der Waals surface area contributed by atoms with Crippen molar-refractivity contribution in [2.75, 3.05) is 5.32 Å². The first kappa shape index (κ1) is 15.1. The zero-order valence-corrected chi connectivity index (χ0v) is 12.6. The molecular formula is C14H11BrClF2NO. The summed E-state index contributed by atoms with van der Waals surface area (Å²) in [6, 6.07) is 12.0. The Bertz CT molecular complexity index is 595. The minimum Gasteiger partial charge on any atom is -0.434 e. The second-order valence-corrected chi connectivity index (χ2v) is 5.25. The van der Waals surface area contributed by atoms with Gasteiger partial charge in [-0.3, -0.25) is 0 Å². The lowest BCUT2D eigenvalue weighted by molar-refractivity contribution is -0.0504. The highest BCUT2D eigenvalue weighted by Crippen LogP contribution is 2.27. The van der Waals surface area contributed by atoms with Crippen molar-refractivity contribution in [1.82, 2.24) is 0 Å². The van der Waals surface area contributed by atoms with Crippen LogP contribution in [0.1, 0.15) is 5.56 Å². The molecule has 2 rings (SSSR count). The van der Waals surface area contributed by atoms with Gasteiger partial charge in [-0.25, -0.2) is 0 Å². The number of anilines is 1. The van der Waals surface area contributed by atoms with Crippen LogP contribution >= 0.6 is 27.5 Å². The number of para-hydroxylation sites is 1. The van der Waals surface area contributed by atoms with Gasteiger partial charge in [0.05, 0.1) is 5.69 Å². The van der Waals surface area contributed by atoms with Crippen LogP contribution in [0.25, 0.3) is 0 Å². The van der Waals surface area contributed by atoms with Gasteiger partial charge < -0.3 is 10.1 Å². The molecule has 0 spiro atoms. The Hall–Kier alpha value is -1.33. The average molecular weight is 363 g/mol. The van der Waals surface area contributed by atoms with Crippen LogP contribution in [0.15, 0.2) is 46.9 Å². The molecule has 1 N–H and O–H groups in total. The molecule has 0 aliphatic rings. The Morgan fingerprint density at radius 1 is 1.20 bits per heavy atom. The summed E-state index contributed by atoms with van der Waals surface area (Å²) in [5, 5.41) is 3.72. The van der Waals surface area contributed by atoms with Crippen LogP contribution in [0.3, 0.4) is 0 Å². The predicted molar refractivity (Wildman–Crippen MR) is 79.6 cm³/mol. The lowest BCUT2D eigenvalue weighted by Gasteiger charge is -2.13. The van der Waals surface area contributed by atoms with Crippen LogP contribution in [-0.2, 0) is 6.54 Å². The molecule has 0 saturated heterocycles. The van der Waals surface area contributed by atoms with Crippen LogP contribution in [0.4, 0.5) is 14.5 Å². The molecule has 0 amide bonds. The van der Waals surface area contributed by atoms with E-state index in [2.05, 4.69) is 26.0 Å². The van der Waals surface area contributed by atoms with E-state index in [4.69, 9.17) is 11.6 Å². The van der Waals surface area contributed by atoms with Crippen LogP contribution in [0, 0.1) is 0 Å². The van der Waals surface area contributed by atoms with Crippen LogP contribution in [0.5, 0.6) is 5.75 Å². The maximum absolute atomic E-state index is 12.3. The highest BCUT2D eigenvalue weighted by Gasteiger charge is 2.09. The molecule has 2 aromatic rings. The molecule has 0 fully saturated rings. The summed E-state index contributed by atoms with van der Waals surface area (Å²) in [4.78, 5) is 0. The Morgan fingerprint density at radius 3 is 2.70 bits per heavy atom. The van der Waals surface area contributed by atoms with Gasteiger partial charge in [0.15, 0.2) is 0 Å². The van der Waals surface area contributed by atoms with Crippen molar-refractivity contribution >= 4 is 33.2 Å². The van der Waals surface area contributed by atoms with E-state index in [1.54, 1.807) is 30.3 Å². The van der Waals surface area contributed by atoms with Crippen LogP contribution in [-0.4, -0.2) is 6.61 Å². The lowest BCUT2D eigenvalue weighted by atomic mass is 10.2. The van der Waals surface area contributed by atoms with Crippen LogP contribution in [0.2, 0.25) is 5.02 Å². The van der Waals surface area contributed by atoms with Gasteiger partial charge in [0.2, 0.25) is 0 Å². The maximum Gasteiger partial charge on any atom is 0.387 e. The number of benzene rings is 2. The molecule has 6 heteroatoms. The molecular weight excluding hydrogens is 352 g/mol. The van der Waals surface area contributed by atoms with Gasteiger partial charge in [-0.2, -0.15) is 8.78 Å². The summed E-state index contributed by atoms with van der Waals surface area (Å²) in [6.45, 7) is -2.49. The largest absolute Gasteiger partial charge is 0.434 e. The first-order valence-electron chi connectivity index (χ1n) is 5.78. The second kappa shape index (κ2) is 6.90. The number of hydrogen-bond donors (Lipinski definition) is 1. The van der Waals surface area contributed by atoms with Gasteiger partial charge in [0.1, 0.15) is 5.75 Å². The van der Waals surface area contributed by atoms with E-state index in [0.717, 1.165) is 10.2 Å². The van der Waals surface area contributed by atoms with Crippen molar-refractivity contribution < 1.29 is 13.5 Å². The van der Waals surface area contributed by atoms with E-state index in [1.807, 2.05) is 6.07 Å². The molecule has 0 bridgehead atoms. The standard InChI is InChI=1S/C14H11BrClF2NO/c15-11-6-5-10(16)7-12(11)19-8-9-3-1-2-4-13(9)20-14(17)18/h1-7,14,19H,8H2. The van der Waals surface area contributed by atoms with E-state index in [-0.39, 0.29) is 5.75 Å². The smallest absolute Gasteiger partial charge is 0.387 e. The SMILES string of the molecule is FC(F)Oc1ccccc1CNc1cc(Cl)ccc1Br. The van der Waals surface area contributed by atoms with Gasteiger partial charge in [-0.15, -0.1) is 0 Å². The van der Waals surface area contributed by atoms with Gasteiger partial charge in [0.25, 0.3) is 0 Å². The highest BCUT2D eigenvalue weighted by molar-refractivity contribution is 9.10. The molecule has 0 aromatic heterocycles. The van der Waals surface area contributed by atoms with Crippen molar-refractivity contribution in [3.8, 4) is 5.75 Å². The maximum atomic E-state index is 12.3. The first-order valence-corrected chi connectivity index (χ1v) is 6.95. The molecule has 0 heterocycles. The number of alkyl halides is 2. The van der Waals surface area contributed by atoms with Crippen molar-refractivity contribution in [1.29, 1.82) is 0 Å². The lowest BCUT2D eigenvalue weighted by Crippen LogP contribution is -2.07. The molecule has 0 aliphatic carbocycles. The Balaban J connectivity index is 2.12. The number of halogens is 4. The second-order valence-electron chi connectivity index (χ2n) is 3.96. The Kier molecular flexibility index (Phi) is 5.20.